The van der Waals surface area contributed by atoms with Gasteiger partial charge in [0.15, 0.2) is 0 Å². The van der Waals surface area contributed by atoms with Crippen LogP contribution in [0.1, 0.15) is 22.3 Å². The van der Waals surface area contributed by atoms with Crippen LogP contribution in [-0.4, -0.2) is 0 Å². The summed E-state index contributed by atoms with van der Waals surface area (Å²) >= 11 is 3.48. The number of hydrogen-bond donors (Lipinski definition) is 0. The topological polar surface area (TPSA) is 0 Å². The smallest absolute Gasteiger partial charge is 0.0295 e. The van der Waals surface area contributed by atoms with Crippen LogP contribution in [0.5, 0.6) is 0 Å². The third-order valence-corrected chi connectivity index (χ3v) is 3.16. The average molecular weight is 285 g/mol. The van der Waals surface area contributed by atoms with Gasteiger partial charge in [0.1, 0.15) is 0 Å². The molecule has 0 aliphatic rings. The Morgan fingerprint density at radius 3 is 2.35 bits per heavy atom. The molecule has 0 unspecified atom stereocenters. The van der Waals surface area contributed by atoms with Gasteiger partial charge in [-0.2, -0.15) is 0 Å². The van der Waals surface area contributed by atoms with Crippen LogP contribution in [-0.2, 0) is 5.33 Å². The SMILES string of the molecule is Cc1ccc(C#Cc2ccccc2CBr)cc1. The maximum absolute atomic E-state index is 3.48. The van der Waals surface area contributed by atoms with Crippen LogP contribution in [0.15, 0.2) is 48.5 Å². The summed E-state index contributed by atoms with van der Waals surface area (Å²) in [5.74, 6) is 6.41. The zero-order chi connectivity index (χ0) is 12.1. The van der Waals surface area contributed by atoms with Crippen molar-refractivity contribution >= 4 is 15.9 Å². The van der Waals surface area contributed by atoms with Gasteiger partial charge in [-0.3, -0.25) is 0 Å². The molecule has 0 N–H and O–H groups in total. The van der Waals surface area contributed by atoms with Crippen molar-refractivity contribution in [3.8, 4) is 11.8 Å². The molecule has 0 bridgehead atoms. The van der Waals surface area contributed by atoms with Gasteiger partial charge in [0.2, 0.25) is 0 Å². The van der Waals surface area contributed by atoms with Gasteiger partial charge in [-0.05, 0) is 30.7 Å². The maximum Gasteiger partial charge on any atom is 0.0295 e. The molecule has 84 valence electrons. The van der Waals surface area contributed by atoms with Crippen LogP contribution in [0, 0.1) is 18.8 Å². The van der Waals surface area contributed by atoms with Crippen LogP contribution >= 0.6 is 15.9 Å². The second kappa shape index (κ2) is 5.70. The van der Waals surface area contributed by atoms with Gasteiger partial charge in [-0.25, -0.2) is 0 Å². The van der Waals surface area contributed by atoms with Crippen molar-refractivity contribution in [3.05, 3.63) is 70.8 Å². The lowest BCUT2D eigenvalue weighted by Crippen LogP contribution is -1.84. The molecule has 0 saturated carbocycles. The average Bonchev–Trinajstić information content (AvgIpc) is 2.38. The van der Waals surface area contributed by atoms with Gasteiger partial charge in [0.05, 0.1) is 0 Å². The van der Waals surface area contributed by atoms with E-state index in [0.717, 1.165) is 16.5 Å². The molecule has 0 aliphatic heterocycles. The molecule has 2 aromatic carbocycles. The number of hydrogen-bond acceptors (Lipinski definition) is 0. The van der Waals surface area contributed by atoms with E-state index in [9.17, 15) is 0 Å². The number of benzene rings is 2. The summed E-state index contributed by atoms with van der Waals surface area (Å²) in [6.07, 6.45) is 0. The molecule has 0 saturated heterocycles. The summed E-state index contributed by atoms with van der Waals surface area (Å²) in [6.45, 7) is 2.08. The molecule has 0 fully saturated rings. The lowest BCUT2D eigenvalue weighted by molar-refractivity contribution is 1.40. The second-order valence-corrected chi connectivity index (χ2v) is 4.47. The minimum absolute atomic E-state index is 0.839. The summed E-state index contributed by atoms with van der Waals surface area (Å²) in [4.78, 5) is 0. The highest BCUT2D eigenvalue weighted by atomic mass is 79.9. The molecule has 17 heavy (non-hydrogen) atoms. The van der Waals surface area contributed by atoms with Crippen LogP contribution in [0.25, 0.3) is 0 Å². The largest absolute Gasteiger partial charge is 0.0876 e. The molecule has 0 nitrogen and oxygen atoms in total. The first kappa shape index (κ1) is 12.0. The normalized spacial score (nSPS) is 9.53. The predicted octanol–water partition coefficient (Wildman–Crippen LogP) is 4.29. The highest BCUT2D eigenvalue weighted by molar-refractivity contribution is 9.08. The Hall–Kier alpha value is -1.52. The Morgan fingerprint density at radius 2 is 1.65 bits per heavy atom. The van der Waals surface area contributed by atoms with Gasteiger partial charge in [0.25, 0.3) is 0 Å². The minimum Gasteiger partial charge on any atom is -0.0876 e. The summed E-state index contributed by atoms with van der Waals surface area (Å²) < 4.78 is 0. The van der Waals surface area contributed by atoms with Gasteiger partial charge >= 0.3 is 0 Å². The van der Waals surface area contributed by atoms with Crippen molar-refractivity contribution < 1.29 is 0 Å². The lowest BCUT2D eigenvalue weighted by Gasteiger charge is -1.98. The monoisotopic (exact) mass is 284 g/mol. The molecule has 0 radical (unpaired) electrons. The Bertz CT molecular complexity index is 556. The van der Waals surface area contributed by atoms with E-state index in [1.807, 2.05) is 12.1 Å². The molecule has 1 heteroatoms. The molecule has 0 atom stereocenters. The fourth-order valence-electron chi connectivity index (χ4n) is 1.54. The molecule has 0 heterocycles. The van der Waals surface area contributed by atoms with Crippen molar-refractivity contribution in [1.82, 2.24) is 0 Å². The van der Waals surface area contributed by atoms with E-state index in [1.54, 1.807) is 0 Å². The van der Waals surface area contributed by atoms with Gasteiger partial charge < -0.3 is 0 Å². The van der Waals surface area contributed by atoms with E-state index in [-0.39, 0.29) is 0 Å². The third-order valence-electron chi connectivity index (χ3n) is 2.55. The molecular weight excluding hydrogens is 272 g/mol. The van der Waals surface area contributed by atoms with Crippen LogP contribution < -0.4 is 0 Å². The molecular formula is C16H13Br. The fraction of sp³-hybridized carbons (Fsp3) is 0.125. The Balaban J connectivity index is 2.29. The first-order valence-corrected chi connectivity index (χ1v) is 6.64. The summed E-state index contributed by atoms with van der Waals surface area (Å²) in [5.41, 5.74) is 4.63. The first-order valence-electron chi connectivity index (χ1n) is 5.52. The quantitative estimate of drug-likeness (QED) is 0.541. The molecule has 0 aromatic heterocycles. The van der Waals surface area contributed by atoms with E-state index in [0.29, 0.717) is 0 Å². The van der Waals surface area contributed by atoms with Crippen LogP contribution in [0.4, 0.5) is 0 Å². The third kappa shape index (κ3) is 3.22. The van der Waals surface area contributed by atoms with Crippen LogP contribution in [0.2, 0.25) is 0 Å². The van der Waals surface area contributed by atoms with Crippen molar-refractivity contribution in [2.24, 2.45) is 0 Å². The zero-order valence-corrected chi connectivity index (χ0v) is 11.3. The number of alkyl halides is 1. The Labute approximate surface area is 111 Å². The maximum atomic E-state index is 3.48. The molecule has 2 rings (SSSR count). The van der Waals surface area contributed by atoms with E-state index in [1.165, 1.54) is 11.1 Å². The first-order chi connectivity index (χ1) is 8.29. The van der Waals surface area contributed by atoms with Crippen molar-refractivity contribution in [2.45, 2.75) is 12.3 Å². The Morgan fingerprint density at radius 1 is 0.941 bits per heavy atom. The van der Waals surface area contributed by atoms with Crippen molar-refractivity contribution in [2.75, 3.05) is 0 Å². The zero-order valence-electron chi connectivity index (χ0n) is 9.70. The molecule has 2 aromatic rings. The van der Waals surface area contributed by atoms with E-state index in [4.69, 9.17) is 0 Å². The van der Waals surface area contributed by atoms with Crippen LogP contribution in [0.3, 0.4) is 0 Å². The number of aryl methyl sites for hydroxylation is 1. The molecule has 0 aliphatic carbocycles. The van der Waals surface area contributed by atoms with E-state index in [2.05, 4.69) is 71.1 Å². The highest BCUT2D eigenvalue weighted by Gasteiger charge is 1.95. The standard InChI is InChI=1S/C16H13Br/c1-13-6-8-14(9-7-13)10-11-15-4-2-3-5-16(15)12-17/h2-9H,12H2,1H3. The molecule has 0 amide bonds. The van der Waals surface area contributed by atoms with Crippen molar-refractivity contribution in [1.29, 1.82) is 0 Å². The lowest BCUT2D eigenvalue weighted by atomic mass is 10.1. The number of rotatable bonds is 1. The predicted molar refractivity (Wildman–Crippen MR) is 76.2 cm³/mol. The van der Waals surface area contributed by atoms with Gasteiger partial charge in [-0.1, -0.05) is 63.7 Å². The summed E-state index contributed by atoms with van der Waals surface area (Å²) in [5, 5.41) is 0.839. The second-order valence-electron chi connectivity index (χ2n) is 3.91. The fourth-order valence-corrected chi connectivity index (χ4v) is 2.02. The molecule has 0 spiro atoms. The van der Waals surface area contributed by atoms with E-state index >= 15 is 0 Å². The summed E-state index contributed by atoms with van der Waals surface area (Å²) in [6, 6.07) is 16.5. The van der Waals surface area contributed by atoms with Gasteiger partial charge in [0, 0.05) is 16.5 Å². The Kier molecular flexibility index (Phi) is 4.01. The van der Waals surface area contributed by atoms with E-state index < -0.39 is 0 Å². The highest BCUT2D eigenvalue weighted by Crippen LogP contribution is 2.11. The van der Waals surface area contributed by atoms with Gasteiger partial charge in [-0.15, -0.1) is 0 Å². The summed E-state index contributed by atoms with van der Waals surface area (Å²) in [7, 11) is 0. The van der Waals surface area contributed by atoms with Crippen molar-refractivity contribution in [3.63, 3.8) is 0 Å². The minimum atomic E-state index is 0.839. The number of halogens is 1.